The Morgan fingerprint density at radius 1 is 1.27 bits per heavy atom. The van der Waals surface area contributed by atoms with Crippen LogP contribution in [0.2, 0.25) is 0 Å². The zero-order valence-corrected chi connectivity index (χ0v) is 9.20. The van der Waals surface area contributed by atoms with Gasteiger partial charge in [0.05, 0.1) is 0 Å². The maximum Gasteiger partial charge on any atom is 0.262 e. The average molecular weight is 247 g/mol. The topological polar surface area (TPSA) is 51.4 Å². The molecule has 0 atom stereocenters. The molecule has 1 heterocycles. The Balaban J connectivity index is 3.23. The summed E-state index contributed by atoms with van der Waals surface area (Å²) in [5, 5.41) is 0. The number of carbonyl (C=O) groups excluding carboxylic acids is 2. The zero-order chi connectivity index (χ0) is 11.3. The monoisotopic (exact) mass is 246 g/mol. The fourth-order valence-corrected chi connectivity index (χ4v) is 1.15. The average Bonchev–Trinajstić information content (AvgIpc) is 2.28. The minimum Gasteiger partial charge on any atom is -0.273 e. The summed E-state index contributed by atoms with van der Waals surface area (Å²) >= 11 is 10.7. The Labute approximate surface area is 96.1 Å². The Bertz CT molecular complexity index is 440. The van der Waals surface area contributed by atoms with Crippen molar-refractivity contribution in [3.05, 3.63) is 29.9 Å². The van der Waals surface area contributed by atoms with Crippen molar-refractivity contribution in [2.45, 2.75) is 0 Å². The highest BCUT2D eigenvalue weighted by molar-refractivity contribution is 6.28. The summed E-state index contributed by atoms with van der Waals surface area (Å²) in [6, 6.07) is 4.85. The summed E-state index contributed by atoms with van der Waals surface area (Å²) in [4.78, 5) is 26.0. The van der Waals surface area contributed by atoms with E-state index in [-0.39, 0.29) is 23.2 Å². The van der Waals surface area contributed by atoms with E-state index < -0.39 is 5.91 Å². The first-order valence-electron chi connectivity index (χ1n) is 4.09. The molecule has 0 aliphatic rings. The van der Waals surface area contributed by atoms with Crippen LogP contribution in [-0.4, -0.2) is 28.1 Å². The predicted molar refractivity (Wildman–Crippen MR) is 57.1 cm³/mol. The van der Waals surface area contributed by atoms with Gasteiger partial charge in [-0.3, -0.25) is 14.2 Å². The van der Waals surface area contributed by atoms with Crippen LogP contribution in [0.1, 0.15) is 4.79 Å². The molecule has 0 saturated carbocycles. The summed E-state index contributed by atoms with van der Waals surface area (Å²) in [6.45, 7) is 0. The van der Waals surface area contributed by atoms with Gasteiger partial charge in [0.15, 0.2) is 0 Å². The van der Waals surface area contributed by atoms with Crippen molar-refractivity contribution < 1.29 is 9.59 Å². The lowest BCUT2D eigenvalue weighted by atomic mass is 10.4. The number of alkyl halides is 2. The van der Waals surface area contributed by atoms with Crippen LogP contribution in [0.15, 0.2) is 29.4 Å². The third-order valence-corrected chi connectivity index (χ3v) is 2.03. The fourth-order valence-electron chi connectivity index (χ4n) is 0.958. The van der Waals surface area contributed by atoms with Crippen molar-refractivity contribution in [2.24, 2.45) is 4.99 Å². The summed E-state index contributed by atoms with van der Waals surface area (Å²) in [7, 11) is 0. The second-order valence-electron chi connectivity index (χ2n) is 2.60. The van der Waals surface area contributed by atoms with Gasteiger partial charge in [0, 0.05) is 6.20 Å². The normalized spacial score (nSPS) is 11.5. The van der Waals surface area contributed by atoms with E-state index in [0.717, 1.165) is 0 Å². The van der Waals surface area contributed by atoms with Crippen LogP contribution in [-0.2, 0) is 4.79 Å². The van der Waals surface area contributed by atoms with Gasteiger partial charge in [-0.15, -0.1) is 23.2 Å². The summed E-state index contributed by atoms with van der Waals surface area (Å²) in [6.07, 6.45) is 1.49. The molecule has 1 amide bonds. The van der Waals surface area contributed by atoms with Gasteiger partial charge in [0.1, 0.15) is 17.2 Å². The van der Waals surface area contributed by atoms with Gasteiger partial charge in [-0.1, -0.05) is 6.07 Å². The van der Waals surface area contributed by atoms with Gasteiger partial charge in [-0.25, -0.2) is 0 Å². The summed E-state index contributed by atoms with van der Waals surface area (Å²) in [5.74, 6) is -1.24. The SMILES string of the molecule is O=C(CCl)N=c1ccccn1C(=O)CCl. The van der Waals surface area contributed by atoms with Crippen molar-refractivity contribution in [3.63, 3.8) is 0 Å². The predicted octanol–water partition coefficient (Wildman–Crippen LogP) is 1.03. The largest absolute Gasteiger partial charge is 0.273 e. The first kappa shape index (κ1) is 11.9. The van der Waals surface area contributed by atoms with Crippen molar-refractivity contribution in [1.29, 1.82) is 0 Å². The van der Waals surface area contributed by atoms with E-state index in [0.29, 0.717) is 0 Å². The van der Waals surface area contributed by atoms with Crippen LogP contribution >= 0.6 is 23.2 Å². The van der Waals surface area contributed by atoms with Crippen LogP contribution in [0, 0.1) is 0 Å². The minimum atomic E-state index is -0.501. The molecule has 80 valence electrons. The molecule has 0 spiro atoms. The van der Waals surface area contributed by atoms with E-state index in [1.165, 1.54) is 16.8 Å². The maximum atomic E-state index is 11.3. The maximum absolute atomic E-state index is 11.3. The molecule has 0 bridgehead atoms. The molecule has 0 fully saturated rings. The number of carbonyl (C=O) groups is 2. The number of halogens is 2. The number of nitrogens with zero attached hydrogens (tertiary/aromatic N) is 2. The molecule has 0 N–H and O–H groups in total. The van der Waals surface area contributed by atoms with E-state index in [1.807, 2.05) is 0 Å². The van der Waals surface area contributed by atoms with E-state index in [2.05, 4.69) is 4.99 Å². The number of hydrogen-bond donors (Lipinski definition) is 0. The number of rotatable bonds is 2. The lowest BCUT2D eigenvalue weighted by molar-refractivity contribution is -0.115. The smallest absolute Gasteiger partial charge is 0.262 e. The lowest BCUT2D eigenvalue weighted by Crippen LogP contribution is -2.28. The fraction of sp³-hybridized carbons (Fsp3) is 0.222. The third kappa shape index (κ3) is 3.18. The van der Waals surface area contributed by atoms with Crippen molar-refractivity contribution >= 4 is 35.0 Å². The molecule has 0 unspecified atom stereocenters. The van der Waals surface area contributed by atoms with Gasteiger partial charge in [0.2, 0.25) is 5.91 Å². The quantitative estimate of drug-likeness (QED) is 0.733. The number of aromatic nitrogens is 1. The van der Waals surface area contributed by atoms with Gasteiger partial charge < -0.3 is 0 Å². The Hall–Kier alpha value is -1.13. The molecule has 4 nitrogen and oxygen atoms in total. The van der Waals surface area contributed by atoms with Crippen molar-refractivity contribution in [1.82, 2.24) is 4.57 Å². The molecule has 0 radical (unpaired) electrons. The molecule has 0 aromatic carbocycles. The molecular weight excluding hydrogens is 239 g/mol. The standard InChI is InChI=1S/C9H8Cl2N2O2/c10-5-8(14)12-7-3-1-2-4-13(7)9(15)6-11/h1-4H,5-6H2. The zero-order valence-electron chi connectivity index (χ0n) is 7.69. The second kappa shape index (κ2) is 5.68. The highest BCUT2D eigenvalue weighted by Crippen LogP contribution is 1.87. The van der Waals surface area contributed by atoms with E-state index >= 15 is 0 Å². The third-order valence-electron chi connectivity index (χ3n) is 1.57. The molecule has 6 heteroatoms. The van der Waals surface area contributed by atoms with Gasteiger partial charge >= 0.3 is 0 Å². The minimum absolute atomic E-state index is 0.174. The number of hydrogen-bond acceptors (Lipinski definition) is 2. The van der Waals surface area contributed by atoms with E-state index in [9.17, 15) is 9.59 Å². The van der Waals surface area contributed by atoms with Crippen molar-refractivity contribution in [3.8, 4) is 0 Å². The number of pyridine rings is 1. The molecule has 15 heavy (non-hydrogen) atoms. The molecule has 0 aliphatic carbocycles. The van der Waals surface area contributed by atoms with E-state index in [4.69, 9.17) is 23.2 Å². The van der Waals surface area contributed by atoms with Crippen LogP contribution in [0.3, 0.4) is 0 Å². The first-order valence-corrected chi connectivity index (χ1v) is 5.16. The second-order valence-corrected chi connectivity index (χ2v) is 3.13. The molecular formula is C9H8Cl2N2O2. The Morgan fingerprint density at radius 2 is 2.00 bits per heavy atom. The molecule has 0 saturated heterocycles. The van der Waals surface area contributed by atoms with E-state index in [1.54, 1.807) is 12.1 Å². The Morgan fingerprint density at radius 3 is 2.60 bits per heavy atom. The van der Waals surface area contributed by atoms with Gasteiger partial charge in [-0.2, -0.15) is 4.99 Å². The van der Waals surface area contributed by atoms with Gasteiger partial charge in [-0.05, 0) is 12.1 Å². The van der Waals surface area contributed by atoms with Crippen LogP contribution < -0.4 is 5.49 Å². The highest BCUT2D eigenvalue weighted by atomic mass is 35.5. The summed E-state index contributed by atoms with van der Waals surface area (Å²) < 4.78 is 1.21. The molecule has 1 aromatic heterocycles. The van der Waals surface area contributed by atoms with Crippen LogP contribution in [0.4, 0.5) is 0 Å². The number of amides is 1. The first-order chi connectivity index (χ1) is 7.19. The van der Waals surface area contributed by atoms with Crippen molar-refractivity contribution in [2.75, 3.05) is 11.8 Å². The lowest BCUT2D eigenvalue weighted by Gasteiger charge is -2.01. The highest BCUT2D eigenvalue weighted by Gasteiger charge is 2.03. The molecule has 1 rings (SSSR count). The van der Waals surface area contributed by atoms with Crippen LogP contribution in [0.25, 0.3) is 0 Å². The van der Waals surface area contributed by atoms with Crippen LogP contribution in [0.5, 0.6) is 0 Å². The summed E-state index contributed by atoms with van der Waals surface area (Å²) in [5.41, 5.74) is 0.230. The molecule has 0 aliphatic heterocycles. The Kier molecular flexibility index (Phi) is 4.52. The molecule has 1 aromatic rings. The van der Waals surface area contributed by atoms with Gasteiger partial charge in [0.25, 0.3) is 5.91 Å².